The number of allylic oxidation sites excluding steroid dienone is 4. The summed E-state index contributed by atoms with van der Waals surface area (Å²) in [6, 6.07) is 0. The number of aliphatic imine (C=N–C) groups is 2. The van der Waals surface area contributed by atoms with Gasteiger partial charge in [-0.25, -0.2) is 0 Å². The molecule has 8 N–H and O–H groups in total. The van der Waals surface area contributed by atoms with E-state index >= 15 is 0 Å². The van der Waals surface area contributed by atoms with Crippen molar-refractivity contribution in [3.8, 4) is 0 Å². The molecule has 0 rings (SSSR count). The maximum atomic E-state index is 5.59. The van der Waals surface area contributed by atoms with Crippen LogP contribution < -0.4 is 22.9 Å². The van der Waals surface area contributed by atoms with Crippen molar-refractivity contribution in [3.63, 3.8) is 0 Å². The topological polar surface area (TPSA) is 135 Å². The lowest BCUT2D eigenvalue weighted by atomic mass is 10.1. The highest BCUT2D eigenvalue weighted by Gasteiger charge is 2.08. The van der Waals surface area contributed by atoms with Gasteiger partial charge in [0.1, 0.15) is 0 Å². The number of nitrogens with zero attached hydrogens (tertiary/aromatic N) is 4. The van der Waals surface area contributed by atoms with Crippen molar-refractivity contribution in [2.75, 3.05) is 52.4 Å². The fraction of sp³-hybridized carbons (Fsp3) is 0.875. The predicted octanol–water partition coefficient (Wildman–Crippen LogP) is 11.8. The molecule has 0 heterocycles. The van der Waals surface area contributed by atoms with Gasteiger partial charge in [-0.1, -0.05) is 154 Å². The number of guanidine groups is 2. The zero-order valence-corrected chi connectivity index (χ0v) is 37.7. The maximum absolute atomic E-state index is 5.59. The molecule has 8 heteroatoms. The first-order valence-electron chi connectivity index (χ1n) is 24.3. The van der Waals surface area contributed by atoms with E-state index in [9.17, 15) is 0 Å². The van der Waals surface area contributed by atoms with E-state index in [4.69, 9.17) is 22.9 Å². The summed E-state index contributed by atoms with van der Waals surface area (Å²) in [6.07, 6.45) is 52.0. The first-order valence-corrected chi connectivity index (χ1v) is 24.3. The summed E-state index contributed by atoms with van der Waals surface area (Å²) < 4.78 is 0. The molecule has 0 spiro atoms. The summed E-state index contributed by atoms with van der Waals surface area (Å²) in [5, 5.41) is 0. The lowest BCUT2D eigenvalue weighted by molar-refractivity contribution is 0.233. The normalized spacial score (nSPS) is 11.9. The Morgan fingerprint density at radius 2 is 0.554 bits per heavy atom. The van der Waals surface area contributed by atoms with Crippen LogP contribution in [0.2, 0.25) is 0 Å². The van der Waals surface area contributed by atoms with Crippen LogP contribution in [0.25, 0.3) is 0 Å². The Kier molecular flexibility index (Phi) is 44.0. The lowest BCUT2D eigenvalue weighted by Crippen LogP contribution is -2.31. The van der Waals surface area contributed by atoms with Gasteiger partial charge in [0.25, 0.3) is 0 Å². The van der Waals surface area contributed by atoms with Crippen molar-refractivity contribution in [2.45, 2.75) is 219 Å². The number of hydrogen-bond donors (Lipinski definition) is 4. The van der Waals surface area contributed by atoms with Crippen LogP contribution in [0.4, 0.5) is 0 Å². The molecule has 0 aliphatic heterocycles. The van der Waals surface area contributed by atoms with Gasteiger partial charge in [-0.2, -0.15) is 0 Å². The van der Waals surface area contributed by atoms with Gasteiger partial charge in [-0.15, -0.1) is 0 Å². The molecule has 0 atom stereocenters. The van der Waals surface area contributed by atoms with Gasteiger partial charge in [-0.05, 0) is 129 Å². The summed E-state index contributed by atoms with van der Waals surface area (Å²) in [5.41, 5.74) is 22.3. The zero-order valence-electron chi connectivity index (χ0n) is 37.7. The number of rotatable bonds is 45. The number of hydrogen-bond acceptors (Lipinski definition) is 4. The quantitative estimate of drug-likeness (QED) is 0.0210. The van der Waals surface area contributed by atoms with Crippen molar-refractivity contribution in [3.05, 3.63) is 24.3 Å². The third kappa shape index (κ3) is 44.7. The third-order valence-electron chi connectivity index (χ3n) is 11.0. The average molecular weight is 787 g/mol. The standard InChI is InChI=1S/C48H98N8/c1-3-5-7-9-11-13-15-17-19-21-23-25-27-29-31-33-41-55(45-37-39-53-47(49)50)43-35-36-44-56(46-38-40-54-48(51)52)42-34-32-30-28-26-24-22-20-18-16-14-12-10-8-6-4-2/h17-20H,3-16,21-46H2,1-2H3,(H4,49,50,53)(H4,51,52,54). The molecule has 0 fully saturated rings. The molecule has 0 aliphatic carbocycles. The molecule has 8 nitrogen and oxygen atoms in total. The van der Waals surface area contributed by atoms with Crippen LogP contribution in [-0.4, -0.2) is 74.1 Å². The Morgan fingerprint density at radius 3 is 0.839 bits per heavy atom. The second kappa shape index (κ2) is 45.6. The molecular weight excluding hydrogens is 689 g/mol. The Labute approximate surface area is 349 Å². The van der Waals surface area contributed by atoms with Gasteiger partial charge in [0.2, 0.25) is 0 Å². The minimum Gasteiger partial charge on any atom is -0.370 e. The molecule has 330 valence electrons. The van der Waals surface area contributed by atoms with E-state index in [1.807, 2.05) is 0 Å². The van der Waals surface area contributed by atoms with Gasteiger partial charge in [-0.3, -0.25) is 9.98 Å². The Morgan fingerprint density at radius 1 is 0.321 bits per heavy atom. The van der Waals surface area contributed by atoms with Crippen LogP contribution in [0.15, 0.2) is 34.3 Å². The minimum atomic E-state index is 0.201. The summed E-state index contributed by atoms with van der Waals surface area (Å²) >= 11 is 0. The summed E-state index contributed by atoms with van der Waals surface area (Å²) in [6.45, 7) is 12.8. The molecule has 0 radical (unpaired) electrons. The molecule has 0 aliphatic rings. The van der Waals surface area contributed by atoms with E-state index in [2.05, 4.69) is 57.9 Å². The highest BCUT2D eigenvalue weighted by molar-refractivity contribution is 5.75. The summed E-state index contributed by atoms with van der Waals surface area (Å²) in [5.74, 6) is 0.401. The van der Waals surface area contributed by atoms with Gasteiger partial charge in [0.05, 0.1) is 0 Å². The van der Waals surface area contributed by atoms with E-state index in [1.165, 1.54) is 206 Å². The summed E-state index contributed by atoms with van der Waals surface area (Å²) in [7, 11) is 0. The predicted molar refractivity (Wildman–Crippen MR) is 252 cm³/mol. The van der Waals surface area contributed by atoms with E-state index in [0.717, 1.165) is 39.0 Å². The average Bonchev–Trinajstić information content (AvgIpc) is 3.18. The first-order chi connectivity index (χ1) is 27.5. The molecule has 0 saturated heterocycles. The second-order valence-corrected chi connectivity index (χ2v) is 16.6. The number of unbranched alkanes of at least 4 members (excludes halogenated alkanes) is 25. The van der Waals surface area contributed by atoms with E-state index < -0.39 is 0 Å². The molecule has 0 aromatic heterocycles. The van der Waals surface area contributed by atoms with Gasteiger partial charge < -0.3 is 32.7 Å². The maximum Gasteiger partial charge on any atom is 0.185 e. The van der Waals surface area contributed by atoms with Crippen molar-refractivity contribution in [1.29, 1.82) is 0 Å². The fourth-order valence-corrected chi connectivity index (χ4v) is 7.51. The minimum absolute atomic E-state index is 0.201. The lowest BCUT2D eigenvalue weighted by Gasteiger charge is -2.24. The van der Waals surface area contributed by atoms with E-state index in [0.29, 0.717) is 13.1 Å². The van der Waals surface area contributed by atoms with Crippen LogP contribution in [0, 0.1) is 0 Å². The van der Waals surface area contributed by atoms with Gasteiger partial charge in [0, 0.05) is 13.1 Å². The molecule has 0 amide bonds. The Bertz CT molecular complexity index is 822. The van der Waals surface area contributed by atoms with Crippen LogP contribution in [0.5, 0.6) is 0 Å². The van der Waals surface area contributed by atoms with Crippen molar-refractivity contribution >= 4 is 11.9 Å². The van der Waals surface area contributed by atoms with Crippen LogP contribution in [0.3, 0.4) is 0 Å². The second-order valence-electron chi connectivity index (χ2n) is 16.6. The zero-order chi connectivity index (χ0) is 40.8. The van der Waals surface area contributed by atoms with Crippen molar-refractivity contribution in [2.24, 2.45) is 32.9 Å². The SMILES string of the molecule is CCCCCCCCC=CCCCCCCCCN(CCCCN(CCCCCCCCC=CCCCCCCCC)CCCN=C(N)N)CCCN=C(N)N. The van der Waals surface area contributed by atoms with Crippen LogP contribution >= 0.6 is 0 Å². The molecule has 0 aromatic rings. The molecule has 0 bridgehead atoms. The van der Waals surface area contributed by atoms with Gasteiger partial charge in [0.15, 0.2) is 11.9 Å². The number of nitrogens with two attached hydrogens (primary N) is 4. The third-order valence-corrected chi connectivity index (χ3v) is 11.0. The van der Waals surface area contributed by atoms with Crippen molar-refractivity contribution < 1.29 is 0 Å². The fourth-order valence-electron chi connectivity index (χ4n) is 7.51. The molecule has 0 aromatic carbocycles. The van der Waals surface area contributed by atoms with Crippen LogP contribution in [-0.2, 0) is 0 Å². The van der Waals surface area contributed by atoms with Gasteiger partial charge >= 0.3 is 0 Å². The molecule has 0 saturated carbocycles. The largest absolute Gasteiger partial charge is 0.370 e. The van der Waals surface area contributed by atoms with Crippen LogP contribution in [0.1, 0.15) is 219 Å². The highest BCUT2D eigenvalue weighted by atomic mass is 15.1. The first kappa shape index (κ1) is 53.9. The monoisotopic (exact) mass is 787 g/mol. The van der Waals surface area contributed by atoms with E-state index in [-0.39, 0.29) is 11.9 Å². The van der Waals surface area contributed by atoms with Crippen molar-refractivity contribution in [1.82, 2.24) is 9.80 Å². The van der Waals surface area contributed by atoms with E-state index in [1.54, 1.807) is 0 Å². The summed E-state index contributed by atoms with van der Waals surface area (Å²) in [4.78, 5) is 13.8. The Hall–Kier alpha value is -2.06. The highest BCUT2D eigenvalue weighted by Crippen LogP contribution is 2.13. The molecular formula is C48H98N8. The molecule has 0 unspecified atom stereocenters. The Balaban J connectivity index is 4.33. The smallest absolute Gasteiger partial charge is 0.185 e. The molecule has 56 heavy (non-hydrogen) atoms.